The molecule has 0 saturated heterocycles. The number of ether oxygens (including phenoxy) is 1. The Bertz CT molecular complexity index is 1200. The summed E-state index contributed by atoms with van der Waals surface area (Å²) in [6.45, 7) is 7.47. The summed E-state index contributed by atoms with van der Waals surface area (Å²) in [5, 5.41) is 9.82. The first-order chi connectivity index (χ1) is 16.3. The number of nitrogens with one attached hydrogen (secondary N) is 1. The average Bonchev–Trinajstić information content (AvgIpc) is 3.38. The fourth-order valence-corrected chi connectivity index (χ4v) is 5.91. The lowest BCUT2D eigenvalue weighted by Crippen LogP contribution is -2.22. The number of aromatic nitrogens is 4. The van der Waals surface area contributed by atoms with E-state index in [-0.39, 0.29) is 23.4 Å². The van der Waals surface area contributed by atoms with Gasteiger partial charge in [-0.3, -0.25) is 14.2 Å². The van der Waals surface area contributed by atoms with Gasteiger partial charge in [-0.05, 0) is 69.4 Å². The minimum atomic E-state index is -0.0460. The molecule has 0 spiro atoms. The number of ketones is 2. The molecule has 1 saturated carbocycles. The average molecular weight is 481 g/mol. The number of hydrogen-bond donors (Lipinski definition) is 1. The third-order valence-corrected chi connectivity index (χ3v) is 7.75. The van der Waals surface area contributed by atoms with Gasteiger partial charge in [-0.15, -0.1) is 10.2 Å². The van der Waals surface area contributed by atoms with E-state index in [1.54, 1.807) is 7.11 Å². The summed E-state index contributed by atoms with van der Waals surface area (Å²) in [4.78, 5) is 28.2. The molecule has 180 valence electrons. The van der Waals surface area contributed by atoms with Crippen molar-refractivity contribution >= 4 is 23.3 Å². The van der Waals surface area contributed by atoms with E-state index in [9.17, 15) is 9.59 Å². The highest BCUT2D eigenvalue weighted by molar-refractivity contribution is 7.99. The zero-order valence-electron chi connectivity index (χ0n) is 20.5. The molecule has 0 radical (unpaired) electrons. The number of benzene rings is 1. The number of hydrogen-bond acceptors (Lipinski definition) is 6. The minimum Gasteiger partial charge on any atom is -0.497 e. The van der Waals surface area contributed by atoms with Gasteiger partial charge in [0.05, 0.1) is 18.6 Å². The van der Waals surface area contributed by atoms with Gasteiger partial charge >= 0.3 is 0 Å². The summed E-state index contributed by atoms with van der Waals surface area (Å²) < 4.78 is 7.54. The second kappa shape index (κ2) is 10.2. The van der Waals surface area contributed by atoms with Crippen LogP contribution in [-0.2, 0) is 0 Å². The quantitative estimate of drug-likeness (QED) is 0.322. The topological polar surface area (TPSA) is 89.9 Å². The molecule has 1 N–H and O–H groups in total. The van der Waals surface area contributed by atoms with Gasteiger partial charge < -0.3 is 9.72 Å². The fraction of sp³-hybridized carbons (Fsp3) is 0.462. The van der Waals surface area contributed by atoms with Gasteiger partial charge in [0, 0.05) is 22.9 Å². The van der Waals surface area contributed by atoms with Gasteiger partial charge in [-0.25, -0.2) is 0 Å². The lowest BCUT2D eigenvalue weighted by Gasteiger charge is -2.31. The summed E-state index contributed by atoms with van der Waals surface area (Å²) in [5.41, 5.74) is 3.54. The van der Waals surface area contributed by atoms with Gasteiger partial charge in [0.2, 0.25) is 0 Å². The predicted octanol–water partition coefficient (Wildman–Crippen LogP) is 5.83. The van der Waals surface area contributed by atoms with E-state index in [0.29, 0.717) is 17.2 Å². The highest BCUT2D eigenvalue weighted by atomic mass is 32.2. The lowest BCUT2D eigenvalue weighted by molar-refractivity contribution is 0.101. The zero-order chi connectivity index (χ0) is 24.4. The maximum atomic E-state index is 13.1. The van der Waals surface area contributed by atoms with E-state index in [4.69, 9.17) is 4.74 Å². The Morgan fingerprint density at radius 1 is 1.15 bits per heavy atom. The number of carbonyl (C=O) groups excluding carboxylic acids is 2. The number of aryl methyl sites for hydroxylation is 1. The molecular formula is C26H32N4O3S. The SMILES string of the molecule is COc1ccc(-c2nnc(SCC(=O)c3[nH]c(C)c(C(C)=O)c3C)n2C2CCCCC2C)cc1. The number of H-pyrrole nitrogens is 1. The maximum Gasteiger partial charge on any atom is 0.192 e. The van der Waals surface area contributed by atoms with E-state index >= 15 is 0 Å². The Morgan fingerprint density at radius 3 is 2.47 bits per heavy atom. The van der Waals surface area contributed by atoms with Crippen LogP contribution in [0.1, 0.15) is 77.7 Å². The van der Waals surface area contributed by atoms with Crippen molar-refractivity contribution in [1.82, 2.24) is 19.7 Å². The van der Waals surface area contributed by atoms with Crippen molar-refractivity contribution in [2.75, 3.05) is 12.9 Å². The molecule has 0 aliphatic heterocycles. The van der Waals surface area contributed by atoms with Crippen molar-refractivity contribution < 1.29 is 14.3 Å². The number of rotatable bonds is 8. The molecular weight excluding hydrogens is 448 g/mol. The molecule has 1 aromatic carbocycles. The summed E-state index contributed by atoms with van der Waals surface area (Å²) in [5.74, 6) is 2.26. The molecule has 0 amide bonds. The van der Waals surface area contributed by atoms with Gasteiger partial charge in [0.1, 0.15) is 5.75 Å². The lowest BCUT2D eigenvalue weighted by atomic mass is 9.85. The molecule has 8 heteroatoms. The highest BCUT2D eigenvalue weighted by Crippen LogP contribution is 2.39. The van der Waals surface area contributed by atoms with Crippen molar-refractivity contribution in [3.63, 3.8) is 0 Å². The van der Waals surface area contributed by atoms with E-state index < -0.39 is 0 Å². The molecule has 2 unspecified atom stereocenters. The van der Waals surface area contributed by atoms with Crippen LogP contribution in [0.4, 0.5) is 0 Å². The van der Waals surface area contributed by atoms with Crippen LogP contribution in [0, 0.1) is 19.8 Å². The molecule has 4 rings (SSSR count). The molecule has 2 atom stereocenters. The van der Waals surface area contributed by atoms with Crippen LogP contribution in [0.25, 0.3) is 11.4 Å². The summed E-state index contributed by atoms with van der Waals surface area (Å²) >= 11 is 1.41. The maximum absolute atomic E-state index is 13.1. The first-order valence-corrected chi connectivity index (χ1v) is 12.8. The number of carbonyl (C=O) groups is 2. The number of thioether (sulfide) groups is 1. The monoisotopic (exact) mass is 480 g/mol. The molecule has 0 bridgehead atoms. The number of aromatic amines is 1. The van der Waals surface area contributed by atoms with Crippen LogP contribution >= 0.6 is 11.8 Å². The van der Waals surface area contributed by atoms with E-state index in [0.717, 1.165) is 40.0 Å². The van der Waals surface area contributed by atoms with Crippen molar-refractivity contribution in [2.45, 2.75) is 64.6 Å². The Kier molecular flexibility index (Phi) is 7.26. The number of nitrogens with zero attached hydrogens (tertiary/aromatic N) is 3. The third-order valence-electron chi connectivity index (χ3n) is 6.81. The van der Waals surface area contributed by atoms with E-state index in [1.165, 1.54) is 37.9 Å². The van der Waals surface area contributed by atoms with E-state index in [1.807, 2.05) is 38.1 Å². The largest absolute Gasteiger partial charge is 0.497 e. The second-order valence-corrected chi connectivity index (χ2v) is 10.1. The van der Waals surface area contributed by atoms with E-state index in [2.05, 4.69) is 26.7 Å². The van der Waals surface area contributed by atoms with Gasteiger partial charge in [0.15, 0.2) is 22.5 Å². The van der Waals surface area contributed by atoms with Crippen molar-refractivity contribution in [3.05, 3.63) is 46.8 Å². The van der Waals surface area contributed by atoms with Crippen LogP contribution in [0.5, 0.6) is 5.75 Å². The molecule has 2 heterocycles. The van der Waals surface area contributed by atoms with Crippen LogP contribution < -0.4 is 4.74 Å². The Morgan fingerprint density at radius 2 is 1.85 bits per heavy atom. The van der Waals surface area contributed by atoms with Crippen molar-refractivity contribution in [2.24, 2.45) is 5.92 Å². The second-order valence-electron chi connectivity index (χ2n) is 9.13. The molecule has 1 fully saturated rings. The molecule has 7 nitrogen and oxygen atoms in total. The minimum absolute atomic E-state index is 0.0342. The first-order valence-electron chi connectivity index (χ1n) is 11.8. The molecule has 1 aliphatic carbocycles. The van der Waals surface area contributed by atoms with Gasteiger partial charge in [0.25, 0.3) is 0 Å². The summed E-state index contributed by atoms with van der Waals surface area (Å²) in [7, 11) is 1.65. The molecule has 3 aromatic rings. The first kappa shape index (κ1) is 24.3. The fourth-order valence-electron chi connectivity index (χ4n) is 5.05. The smallest absolute Gasteiger partial charge is 0.192 e. The number of methoxy groups -OCH3 is 1. The van der Waals surface area contributed by atoms with Crippen LogP contribution in [-0.4, -0.2) is 44.2 Å². The predicted molar refractivity (Wildman–Crippen MR) is 134 cm³/mol. The normalized spacial score (nSPS) is 18.1. The Hall–Kier alpha value is -2.87. The van der Waals surface area contributed by atoms with Gasteiger partial charge in [-0.1, -0.05) is 31.5 Å². The van der Waals surface area contributed by atoms with Gasteiger partial charge in [-0.2, -0.15) is 0 Å². The summed E-state index contributed by atoms with van der Waals surface area (Å²) in [6, 6.07) is 8.15. The van der Waals surface area contributed by atoms with Crippen LogP contribution in [0.3, 0.4) is 0 Å². The van der Waals surface area contributed by atoms with Crippen LogP contribution in [0.15, 0.2) is 29.4 Å². The third kappa shape index (κ3) is 4.69. The Balaban J connectivity index is 1.64. The van der Waals surface area contributed by atoms with Crippen LogP contribution in [0.2, 0.25) is 0 Å². The summed E-state index contributed by atoms with van der Waals surface area (Å²) in [6.07, 6.45) is 4.65. The molecule has 2 aromatic heterocycles. The van der Waals surface area contributed by atoms with Crippen molar-refractivity contribution in [1.29, 1.82) is 0 Å². The standard InChI is InChI=1S/C26H32N4O3S/c1-15-8-6-7-9-21(15)30-25(19-10-12-20(33-5)13-11-19)28-29-26(30)34-14-22(32)24-16(2)23(18(4)31)17(3)27-24/h10-13,15,21,27H,6-9,14H2,1-5H3. The number of Topliss-reactive ketones (excluding diaryl/α,β-unsaturated/α-hetero) is 2. The molecule has 34 heavy (non-hydrogen) atoms. The highest BCUT2D eigenvalue weighted by Gasteiger charge is 2.29. The van der Waals surface area contributed by atoms with Crippen molar-refractivity contribution in [3.8, 4) is 17.1 Å². The molecule has 1 aliphatic rings. The Labute approximate surface area is 204 Å². The zero-order valence-corrected chi connectivity index (χ0v) is 21.3.